The lowest BCUT2D eigenvalue weighted by Gasteiger charge is -2.17. The molecule has 0 amide bonds. The zero-order valence-electron chi connectivity index (χ0n) is 9.24. The van der Waals surface area contributed by atoms with Gasteiger partial charge in [-0.2, -0.15) is 0 Å². The van der Waals surface area contributed by atoms with Gasteiger partial charge < -0.3 is 5.23 Å². The van der Waals surface area contributed by atoms with E-state index in [1.54, 1.807) is 0 Å². The Bertz CT molecular complexity index is 477. The molecule has 2 aliphatic rings. The summed E-state index contributed by atoms with van der Waals surface area (Å²) in [6, 6.07) is 8.39. The zero-order valence-corrected chi connectivity index (χ0v) is 9.24. The van der Waals surface area contributed by atoms with Gasteiger partial charge in [0.1, 0.15) is 0 Å². The maximum absolute atomic E-state index is 3.50. The summed E-state index contributed by atoms with van der Waals surface area (Å²) in [6.07, 6.45) is 5.73. The smallest absolute Gasteiger partial charge is 0.291 e. The minimum absolute atomic E-state index is 0.376. The molecule has 16 heavy (non-hydrogen) atoms. The third kappa shape index (κ3) is 2.14. The number of benzene rings is 1. The first-order chi connectivity index (χ1) is 7.92. The molecular formula is C14H14BN. The van der Waals surface area contributed by atoms with E-state index in [9.17, 15) is 0 Å². The van der Waals surface area contributed by atoms with Crippen LogP contribution in [0.3, 0.4) is 0 Å². The molecule has 1 aromatic carbocycles. The molecule has 1 aliphatic carbocycles. The predicted octanol–water partition coefficient (Wildman–Crippen LogP) is 3.07. The summed E-state index contributed by atoms with van der Waals surface area (Å²) >= 11 is 0. The molecule has 1 aromatic rings. The second-order valence-corrected chi connectivity index (χ2v) is 4.50. The van der Waals surface area contributed by atoms with Crippen molar-refractivity contribution in [3.05, 3.63) is 35.8 Å². The third-order valence-electron chi connectivity index (χ3n) is 3.02. The monoisotopic (exact) mass is 207 g/mol. The summed E-state index contributed by atoms with van der Waals surface area (Å²) in [7, 11) is 0. The van der Waals surface area contributed by atoms with Crippen LogP contribution in [0.2, 0.25) is 6.32 Å². The Kier molecular flexibility index (Phi) is 2.46. The summed E-state index contributed by atoms with van der Waals surface area (Å²) in [6.45, 7) is 0.376. The van der Waals surface area contributed by atoms with E-state index in [4.69, 9.17) is 0 Å². The number of hydrogen-bond donors (Lipinski definition) is 1. The number of para-hydroxylation sites is 1. The highest BCUT2D eigenvalue weighted by molar-refractivity contribution is 6.69. The van der Waals surface area contributed by atoms with Crippen molar-refractivity contribution in [2.45, 2.75) is 19.2 Å². The summed E-state index contributed by atoms with van der Waals surface area (Å²) in [4.78, 5) is 0. The Morgan fingerprint density at radius 2 is 2.19 bits per heavy atom. The Morgan fingerprint density at radius 3 is 3.06 bits per heavy atom. The highest BCUT2D eigenvalue weighted by Crippen LogP contribution is 2.27. The van der Waals surface area contributed by atoms with E-state index in [1.165, 1.54) is 24.1 Å². The Hall–Kier alpha value is -1.62. The van der Waals surface area contributed by atoms with Crippen molar-refractivity contribution in [3.8, 4) is 11.8 Å². The molecule has 3 rings (SSSR count). The first kappa shape index (κ1) is 9.60. The average Bonchev–Trinajstić information content (AvgIpc) is 3.13. The molecule has 2 heteroatoms. The van der Waals surface area contributed by atoms with Gasteiger partial charge in [0.05, 0.1) is 0 Å². The molecule has 0 spiro atoms. The quantitative estimate of drug-likeness (QED) is 0.551. The lowest BCUT2D eigenvalue weighted by molar-refractivity contribution is 1.18. The van der Waals surface area contributed by atoms with E-state index in [0.29, 0.717) is 12.8 Å². The van der Waals surface area contributed by atoms with Crippen molar-refractivity contribution in [2.75, 3.05) is 5.23 Å². The van der Waals surface area contributed by atoms with Crippen LogP contribution in [-0.2, 0) is 0 Å². The second kappa shape index (κ2) is 4.10. The molecule has 0 unspecified atom stereocenters. The topological polar surface area (TPSA) is 12.0 Å². The zero-order chi connectivity index (χ0) is 10.8. The SMILES string of the molecule is C(#CC1CC1)CB1C=Cc2ccccc2N1. The van der Waals surface area contributed by atoms with Gasteiger partial charge in [-0.3, -0.25) is 0 Å². The number of nitrogens with one attached hydrogen (secondary N) is 1. The van der Waals surface area contributed by atoms with Crippen molar-refractivity contribution in [1.82, 2.24) is 0 Å². The van der Waals surface area contributed by atoms with E-state index < -0.39 is 0 Å². The summed E-state index contributed by atoms with van der Waals surface area (Å²) < 4.78 is 0. The lowest BCUT2D eigenvalue weighted by atomic mass is 9.57. The van der Waals surface area contributed by atoms with Crippen LogP contribution >= 0.6 is 0 Å². The Balaban J connectivity index is 1.66. The van der Waals surface area contributed by atoms with Crippen LogP contribution in [0.5, 0.6) is 0 Å². The summed E-state index contributed by atoms with van der Waals surface area (Å²) in [5.74, 6) is 9.51. The summed E-state index contributed by atoms with van der Waals surface area (Å²) in [5, 5.41) is 3.50. The van der Waals surface area contributed by atoms with Gasteiger partial charge in [0.25, 0.3) is 6.85 Å². The van der Waals surface area contributed by atoms with Gasteiger partial charge in [-0.25, -0.2) is 0 Å². The van der Waals surface area contributed by atoms with Crippen LogP contribution < -0.4 is 5.23 Å². The Morgan fingerprint density at radius 1 is 1.31 bits per heavy atom. The standard InChI is InChI=1S/C14H14BN/c1-2-6-14-13(5-1)9-11-15(16-14)10-3-4-12-7-8-12/h1-2,5-6,9,11-12,16H,7-8,10H2. The molecule has 0 saturated heterocycles. The van der Waals surface area contributed by atoms with Gasteiger partial charge >= 0.3 is 0 Å². The molecule has 1 N–H and O–H groups in total. The van der Waals surface area contributed by atoms with Crippen LogP contribution in [0.15, 0.2) is 30.2 Å². The third-order valence-corrected chi connectivity index (χ3v) is 3.02. The van der Waals surface area contributed by atoms with Gasteiger partial charge in [-0.15, -0.1) is 11.8 Å². The van der Waals surface area contributed by atoms with E-state index in [1.807, 2.05) is 0 Å². The van der Waals surface area contributed by atoms with Gasteiger partial charge in [0, 0.05) is 17.9 Å². The van der Waals surface area contributed by atoms with Gasteiger partial charge in [-0.1, -0.05) is 30.3 Å². The normalized spacial score (nSPS) is 17.1. The number of fused-ring (bicyclic) bond motifs is 1. The molecule has 78 valence electrons. The van der Waals surface area contributed by atoms with E-state index in [2.05, 4.69) is 53.4 Å². The maximum atomic E-state index is 3.50. The fraction of sp³-hybridized carbons (Fsp3) is 0.286. The second-order valence-electron chi connectivity index (χ2n) is 4.50. The summed E-state index contributed by atoms with van der Waals surface area (Å²) in [5.41, 5.74) is 2.50. The molecular weight excluding hydrogens is 193 g/mol. The average molecular weight is 207 g/mol. The van der Waals surface area contributed by atoms with Crippen LogP contribution in [-0.4, -0.2) is 6.85 Å². The minimum Gasteiger partial charge on any atom is -0.423 e. The molecule has 1 nitrogen and oxygen atoms in total. The van der Waals surface area contributed by atoms with Crippen LogP contribution in [0, 0.1) is 17.8 Å². The molecule has 1 aliphatic heterocycles. The number of hydrogen-bond acceptors (Lipinski definition) is 1. The highest BCUT2D eigenvalue weighted by Gasteiger charge is 2.18. The van der Waals surface area contributed by atoms with Crippen molar-refractivity contribution >= 4 is 18.6 Å². The lowest BCUT2D eigenvalue weighted by Crippen LogP contribution is -2.24. The predicted molar refractivity (Wildman–Crippen MR) is 70.2 cm³/mol. The number of anilines is 1. The van der Waals surface area contributed by atoms with E-state index in [0.717, 1.165) is 6.32 Å². The molecule has 1 heterocycles. The van der Waals surface area contributed by atoms with Gasteiger partial charge in [-0.05, 0) is 24.5 Å². The fourth-order valence-electron chi connectivity index (χ4n) is 1.90. The van der Waals surface area contributed by atoms with Crippen molar-refractivity contribution in [1.29, 1.82) is 0 Å². The van der Waals surface area contributed by atoms with Crippen molar-refractivity contribution in [2.24, 2.45) is 5.92 Å². The van der Waals surface area contributed by atoms with Gasteiger partial charge in [0.15, 0.2) is 0 Å². The van der Waals surface area contributed by atoms with Crippen molar-refractivity contribution in [3.63, 3.8) is 0 Å². The van der Waals surface area contributed by atoms with Gasteiger partial charge in [0.2, 0.25) is 0 Å². The maximum Gasteiger partial charge on any atom is 0.291 e. The van der Waals surface area contributed by atoms with E-state index in [-0.39, 0.29) is 0 Å². The minimum atomic E-state index is 0.376. The first-order valence-electron chi connectivity index (χ1n) is 5.94. The highest BCUT2D eigenvalue weighted by atomic mass is 14.8. The molecule has 1 fully saturated rings. The van der Waals surface area contributed by atoms with Crippen LogP contribution in [0.1, 0.15) is 18.4 Å². The van der Waals surface area contributed by atoms with Crippen molar-refractivity contribution < 1.29 is 0 Å². The molecule has 0 radical (unpaired) electrons. The van der Waals surface area contributed by atoms with Crippen LogP contribution in [0.4, 0.5) is 5.69 Å². The molecule has 0 bridgehead atoms. The van der Waals surface area contributed by atoms with Crippen LogP contribution in [0.25, 0.3) is 6.08 Å². The molecule has 0 atom stereocenters. The first-order valence-corrected chi connectivity index (χ1v) is 5.94. The Labute approximate surface area is 97.0 Å². The molecule has 1 saturated carbocycles. The van der Waals surface area contributed by atoms with E-state index >= 15 is 0 Å². The fourth-order valence-corrected chi connectivity index (χ4v) is 1.90. The molecule has 0 aromatic heterocycles. The number of rotatable bonds is 1. The largest absolute Gasteiger partial charge is 0.423 e.